The molecule has 5 heteroatoms. The summed E-state index contributed by atoms with van der Waals surface area (Å²) in [5.74, 6) is -0.153. The van der Waals surface area contributed by atoms with Crippen molar-refractivity contribution in [3.05, 3.63) is 53.6 Å². The van der Waals surface area contributed by atoms with Gasteiger partial charge in [0.2, 0.25) is 0 Å². The van der Waals surface area contributed by atoms with Crippen LogP contribution in [-0.4, -0.2) is 37.5 Å². The molecular weight excluding hydrogens is 316 g/mol. The first-order chi connectivity index (χ1) is 12.2. The summed E-state index contributed by atoms with van der Waals surface area (Å²) in [5.41, 5.74) is 3.03. The number of nitrogens with zero attached hydrogens (tertiary/aromatic N) is 2. The third-order valence-electron chi connectivity index (χ3n) is 4.41. The first-order valence-corrected chi connectivity index (χ1v) is 8.48. The van der Waals surface area contributed by atoms with Gasteiger partial charge in [-0.05, 0) is 55.7 Å². The highest BCUT2D eigenvalue weighted by Gasteiger charge is 2.12. The lowest BCUT2D eigenvalue weighted by atomic mass is 10.1. The van der Waals surface area contributed by atoms with E-state index in [-0.39, 0.29) is 5.56 Å². The summed E-state index contributed by atoms with van der Waals surface area (Å²) >= 11 is 0. The van der Waals surface area contributed by atoms with Crippen LogP contribution in [0, 0.1) is 0 Å². The molecule has 0 spiro atoms. The summed E-state index contributed by atoms with van der Waals surface area (Å²) in [6.07, 6.45) is 5.52. The van der Waals surface area contributed by atoms with Gasteiger partial charge < -0.3 is 14.7 Å². The van der Waals surface area contributed by atoms with Crippen molar-refractivity contribution in [2.24, 2.45) is 4.99 Å². The van der Waals surface area contributed by atoms with Crippen LogP contribution in [-0.2, 0) is 0 Å². The lowest BCUT2D eigenvalue weighted by Crippen LogP contribution is -2.29. The van der Waals surface area contributed by atoms with Gasteiger partial charge in [0, 0.05) is 36.6 Å². The van der Waals surface area contributed by atoms with Gasteiger partial charge in [-0.3, -0.25) is 4.99 Å². The number of methoxy groups -OCH3 is 1. The molecule has 0 amide bonds. The van der Waals surface area contributed by atoms with Crippen molar-refractivity contribution >= 4 is 23.6 Å². The third kappa shape index (κ3) is 4.18. The molecule has 3 rings (SSSR count). The van der Waals surface area contributed by atoms with E-state index in [2.05, 4.69) is 22.0 Å². The standard InChI is InChI=1S/C20H22N2O3/c1-25-19-13-18(22-11-3-2-4-12-22)10-7-16(19)14-21-17-8-5-15(6-9-17)20(23)24/h5-10,13-14H,2-4,11-12H2,1H3,(H,23,24). The van der Waals surface area contributed by atoms with Crippen LogP contribution in [0.25, 0.3) is 0 Å². The van der Waals surface area contributed by atoms with Gasteiger partial charge in [-0.25, -0.2) is 4.79 Å². The number of carboxylic acids is 1. The molecule has 1 N–H and O–H groups in total. The fourth-order valence-electron chi connectivity index (χ4n) is 2.99. The smallest absolute Gasteiger partial charge is 0.335 e. The van der Waals surface area contributed by atoms with Crippen LogP contribution in [0.15, 0.2) is 47.5 Å². The Kier molecular flexibility index (Phi) is 5.33. The lowest BCUT2D eigenvalue weighted by molar-refractivity contribution is 0.0697. The van der Waals surface area contributed by atoms with Crippen LogP contribution in [0.4, 0.5) is 11.4 Å². The van der Waals surface area contributed by atoms with Gasteiger partial charge in [0.15, 0.2) is 0 Å². The number of anilines is 1. The predicted molar refractivity (Wildman–Crippen MR) is 99.7 cm³/mol. The molecule has 1 fully saturated rings. The largest absolute Gasteiger partial charge is 0.496 e. The predicted octanol–water partition coefficient (Wildman–Crippen LogP) is 4.13. The van der Waals surface area contributed by atoms with Crippen molar-refractivity contribution in [2.45, 2.75) is 19.3 Å². The Balaban J connectivity index is 1.78. The van der Waals surface area contributed by atoms with Gasteiger partial charge >= 0.3 is 5.97 Å². The average molecular weight is 338 g/mol. The molecule has 0 aromatic heterocycles. The van der Waals surface area contributed by atoms with E-state index in [0.717, 1.165) is 24.4 Å². The third-order valence-corrected chi connectivity index (χ3v) is 4.41. The molecule has 1 aliphatic rings. The normalized spacial score (nSPS) is 14.7. The van der Waals surface area contributed by atoms with Crippen LogP contribution in [0.5, 0.6) is 5.75 Å². The molecule has 0 bridgehead atoms. The van der Waals surface area contributed by atoms with Gasteiger partial charge in [0.05, 0.1) is 18.4 Å². The number of piperidine rings is 1. The van der Waals surface area contributed by atoms with Crippen molar-refractivity contribution < 1.29 is 14.6 Å². The lowest BCUT2D eigenvalue weighted by Gasteiger charge is -2.29. The molecular formula is C20H22N2O3. The van der Waals surface area contributed by atoms with Crippen LogP contribution in [0.2, 0.25) is 0 Å². The van der Waals surface area contributed by atoms with Crippen molar-refractivity contribution in [3.63, 3.8) is 0 Å². The number of hydrogen-bond acceptors (Lipinski definition) is 4. The Morgan fingerprint density at radius 2 is 1.84 bits per heavy atom. The number of carboxylic acid groups (broad SMARTS) is 1. The SMILES string of the molecule is COc1cc(N2CCCCC2)ccc1C=Nc1ccc(C(=O)O)cc1. The van der Waals surface area contributed by atoms with Crippen molar-refractivity contribution in [1.29, 1.82) is 0 Å². The van der Waals surface area contributed by atoms with Gasteiger partial charge in [-0.1, -0.05) is 0 Å². The Morgan fingerprint density at radius 3 is 2.48 bits per heavy atom. The highest BCUT2D eigenvalue weighted by Crippen LogP contribution is 2.27. The highest BCUT2D eigenvalue weighted by atomic mass is 16.5. The zero-order valence-electron chi connectivity index (χ0n) is 14.3. The van der Waals surface area contributed by atoms with Gasteiger partial charge in [0.1, 0.15) is 5.75 Å². The zero-order valence-corrected chi connectivity index (χ0v) is 14.3. The molecule has 5 nitrogen and oxygen atoms in total. The molecule has 0 saturated carbocycles. The second-order valence-electron chi connectivity index (χ2n) is 6.08. The fraction of sp³-hybridized carbons (Fsp3) is 0.300. The summed E-state index contributed by atoms with van der Waals surface area (Å²) in [6.45, 7) is 2.18. The van der Waals surface area contributed by atoms with Crippen molar-refractivity contribution in [3.8, 4) is 5.75 Å². The zero-order chi connectivity index (χ0) is 17.6. The number of aliphatic imine (C=N–C) groups is 1. The molecule has 0 atom stereocenters. The minimum atomic E-state index is -0.939. The summed E-state index contributed by atoms with van der Waals surface area (Å²) < 4.78 is 5.52. The number of ether oxygens (including phenoxy) is 1. The van der Waals surface area contributed by atoms with Crippen LogP contribution in [0.1, 0.15) is 35.2 Å². The summed E-state index contributed by atoms with van der Waals surface area (Å²) in [5, 5.41) is 8.93. The summed E-state index contributed by atoms with van der Waals surface area (Å²) in [6, 6.07) is 12.6. The maximum Gasteiger partial charge on any atom is 0.335 e. The van der Waals surface area contributed by atoms with Crippen LogP contribution >= 0.6 is 0 Å². The van der Waals surface area contributed by atoms with E-state index < -0.39 is 5.97 Å². The average Bonchev–Trinajstić information content (AvgIpc) is 2.67. The second-order valence-corrected chi connectivity index (χ2v) is 6.08. The van der Waals surface area contributed by atoms with Crippen molar-refractivity contribution in [1.82, 2.24) is 0 Å². The maximum absolute atomic E-state index is 10.9. The molecule has 130 valence electrons. The topological polar surface area (TPSA) is 62.1 Å². The molecule has 1 aliphatic heterocycles. The number of rotatable bonds is 5. The fourth-order valence-corrected chi connectivity index (χ4v) is 2.99. The molecule has 0 unspecified atom stereocenters. The second kappa shape index (κ2) is 7.83. The van der Waals surface area contributed by atoms with E-state index in [4.69, 9.17) is 9.84 Å². The first-order valence-electron chi connectivity index (χ1n) is 8.48. The minimum Gasteiger partial charge on any atom is -0.496 e. The van der Waals surface area contributed by atoms with E-state index in [1.807, 2.05) is 6.07 Å². The molecule has 1 heterocycles. The van der Waals surface area contributed by atoms with Gasteiger partial charge in [0.25, 0.3) is 0 Å². The highest BCUT2D eigenvalue weighted by molar-refractivity contribution is 5.89. The Morgan fingerprint density at radius 1 is 1.12 bits per heavy atom. The van der Waals surface area contributed by atoms with Gasteiger partial charge in [-0.15, -0.1) is 0 Å². The maximum atomic E-state index is 10.9. The number of carbonyl (C=O) groups is 1. The molecule has 0 aliphatic carbocycles. The molecule has 2 aromatic rings. The molecule has 0 radical (unpaired) electrons. The first kappa shape index (κ1) is 17.0. The summed E-state index contributed by atoms with van der Waals surface area (Å²) in [7, 11) is 1.66. The quantitative estimate of drug-likeness (QED) is 0.833. The number of benzene rings is 2. The van der Waals surface area contributed by atoms with Crippen LogP contribution in [0.3, 0.4) is 0 Å². The molecule has 25 heavy (non-hydrogen) atoms. The number of aromatic carboxylic acids is 1. The summed E-state index contributed by atoms with van der Waals surface area (Å²) in [4.78, 5) is 17.7. The minimum absolute atomic E-state index is 0.252. The monoisotopic (exact) mass is 338 g/mol. The Hall–Kier alpha value is -2.82. The van der Waals surface area contributed by atoms with Crippen LogP contribution < -0.4 is 9.64 Å². The van der Waals surface area contributed by atoms with Gasteiger partial charge in [-0.2, -0.15) is 0 Å². The Bertz CT molecular complexity index is 763. The number of hydrogen-bond donors (Lipinski definition) is 1. The Labute approximate surface area is 147 Å². The van der Waals surface area contributed by atoms with E-state index >= 15 is 0 Å². The van der Waals surface area contributed by atoms with E-state index in [1.54, 1.807) is 37.6 Å². The van der Waals surface area contributed by atoms with E-state index in [1.165, 1.54) is 24.9 Å². The van der Waals surface area contributed by atoms with E-state index in [9.17, 15) is 4.79 Å². The van der Waals surface area contributed by atoms with E-state index in [0.29, 0.717) is 5.69 Å². The molecule has 1 saturated heterocycles. The van der Waals surface area contributed by atoms with Crippen molar-refractivity contribution in [2.75, 3.05) is 25.1 Å². The molecule has 2 aromatic carbocycles.